The van der Waals surface area contributed by atoms with Crippen LogP contribution in [0.25, 0.3) is 0 Å². The van der Waals surface area contributed by atoms with Crippen molar-refractivity contribution in [3.8, 4) is 0 Å². The second-order valence-electron chi connectivity index (χ2n) is 4.29. The van der Waals surface area contributed by atoms with Gasteiger partial charge in [-0.05, 0) is 6.42 Å². The minimum Gasteiger partial charge on any atom is -0.355 e. The highest BCUT2D eigenvalue weighted by atomic mass is 32.2. The smallest absolute Gasteiger partial charge is 0.234 e. The maximum atomic E-state index is 11.5. The molecule has 1 N–H and O–H groups in total. The molecule has 1 rings (SSSR count). The second-order valence-corrected chi connectivity index (χ2v) is 6.27. The average Bonchev–Trinajstić information content (AvgIpc) is 2.26. The number of nitrogens with zero attached hydrogens (tertiary/aromatic N) is 2. The number of amides is 1. The Labute approximate surface area is 103 Å². The van der Waals surface area contributed by atoms with Crippen LogP contribution in [0.3, 0.4) is 0 Å². The molecule has 1 fully saturated rings. The van der Waals surface area contributed by atoms with Crippen LogP contribution in [-0.4, -0.2) is 69.1 Å². The summed E-state index contributed by atoms with van der Waals surface area (Å²) < 4.78 is 24.0. The van der Waals surface area contributed by atoms with Crippen molar-refractivity contribution >= 4 is 15.9 Å². The molecular weight excluding hydrogens is 242 g/mol. The fourth-order valence-corrected chi connectivity index (χ4v) is 2.57. The Morgan fingerprint density at radius 2 is 1.82 bits per heavy atom. The number of hydrogen-bond donors (Lipinski definition) is 1. The third-order valence-electron chi connectivity index (χ3n) is 2.74. The number of carbonyl (C=O) groups is 1. The van der Waals surface area contributed by atoms with Gasteiger partial charge in [0.2, 0.25) is 15.9 Å². The maximum Gasteiger partial charge on any atom is 0.234 e. The molecule has 6 nitrogen and oxygen atoms in total. The maximum absolute atomic E-state index is 11.5. The molecule has 1 amide bonds. The Balaban J connectivity index is 2.30. The lowest BCUT2D eigenvalue weighted by Crippen LogP contribution is -2.50. The van der Waals surface area contributed by atoms with Gasteiger partial charge in [0.25, 0.3) is 0 Å². The van der Waals surface area contributed by atoms with Crippen LogP contribution in [-0.2, 0) is 14.8 Å². The third-order valence-corrected chi connectivity index (χ3v) is 4.04. The molecule has 0 radical (unpaired) electrons. The molecule has 0 unspecified atom stereocenters. The minimum absolute atomic E-state index is 0.0136. The van der Waals surface area contributed by atoms with Gasteiger partial charge in [0, 0.05) is 32.7 Å². The summed E-state index contributed by atoms with van der Waals surface area (Å²) in [5.41, 5.74) is 0. The summed E-state index contributed by atoms with van der Waals surface area (Å²) >= 11 is 0. The van der Waals surface area contributed by atoms with Gasteiger partial charge in [0.15, 0.2) is 0 Å². The molecule has 0 aliphatic carbocycles. The Kier molecular flexibility index (Phi) is 5.35. The number of rotatable bonds is 5. The normalized spacial score (nSPS) is 19.2. The van der Waals surface area contributed by atoms with Crippen molar-refractivity contribution in [2.24, 2.45) is 0 Å². The van der Waals surface area contributed by atoms with Crippen molar-refractivity contribution < 1.29 is 13.2 Å². The van der Waals surface area contributed by atoms with Crippen LogP contribution in [0.1, 0.15) is 13.3 Å². The predicted molar refractivity (Wildman–Crippen MR) is 66.2 cm³/mol. The fraction of sp³-hybridized carbons (Fsp3) is 0.900. The van der Waals surface area contributed by atoms with E-state index in [1.807, 2.05) is 11.8 Å². The first kappa shape index (κ1) is 14.4. The second kappa shape index (κ2) is 6.32. The van der Waals surface area contributed by atoms with Crippen molar-refractivity contribution in [3.63, 3.8) is 0 Å². The van der Waals surface area contributed by atoms with Gasteiger partial charge in [-0.15, -0.1) is 0 Å². The highest BCUT2D eigenvalue weighted by molar-refractivity contribution is 7.88. The zero-order valence-corrected chi connectivity index (χ0v) is 11.3. The number of nitrogens with one attached hydrogen (secondary N) is 1. The van der Waals surface area contributed by atoms with E-state index in [9.17, 15) is 13.2 Å². The highest BCUT2D eigenvalue weighted by Gasteiger charge is 2.24. The molecule has 17 heavy (non-hydrogen) atoms. The summed E-state index contributed by atoms with van der Waals surface area (Å²) in [6, 6.07) is 0. The van der Waals surface area contributed by atoms with Gasteiger partial charge in [-0.25, -0.2) is 8.42 Å². The van der Waals surface area contributed by atoms with E-state index in [1.165, 1.54) is 10.6 Å². The number of hydrogen-bond acceptors (Lipinski definition) is 4. The predicted octanol–water partition coefficient (Wildman–Crippen LogP) is -0.910. The fourth-order valence-electron chi connectivity index (χ4n) is 1.74. The van der Waals surface area contributed by atoms with Gasteiger partial charge in [-0.2, -0.15) is 4.31 Å². The van der Waals surface area contributed by atoms with Gasteiger partial charge >= 0.3 is 0 Å². The molecule has 1 saturated heterocycles. The lowest BCUT2D eigenvalue weighted by molar-refractivity contribution is -0.122. The molecule has 100 valence electrons. The van der Waals surface area contributed by atoms with Crippen LogP contribution in [0.2, 0.25) is 0 Å². The van der Waals surface area contributed by atoms with E-state index in [1.54, 1.807) is 0 Å². The first-order valence-electron chi connectivity index (χ1n) is 5.87. The Hall–Kier alpha value is -0.660. The molecule has 1 heterocycles. The first-order valence-corrected chi connectivity index (χ1v) is 7.72. The largest absolute Gasteiger partial charge is 0.355 e. The summed E-state index contributed by atoms with van der Waals surface area (Å²) in [5.74, 6) is 0.0136. The monoisotopic (exact) mass is 263 g/mol. The van der Waals surface area contributed by atoms with E-state index < -0.39 is 10.0 Å². The first-order chi connectivity index (χ1) is 7.93. The van der Waals surface area contributed by atoms with Crippen molar-refractivity contribution in [3.05, 3.63) is 0 Å². The standard InChI is InChI=1S/C10H21N3O3S/c1-3-4-11-10(14)9-12-5-7-13(8-6-12)17(2,15)16/h3-9H2,1-2H3,(H,11,14). The van der Waals surface area contributed by atoms with Crippen LogP contribution in [0.5, 0.6) is 0 Å². The molecule has 0 aromatic rings. The minimum atomic E-state index is -3.09. The summed E-state index contributed by atoms with van der Waals surface area (Å²) in [6.45, 7) is 5.24. The molecule has 0 aromatic carbocycles. The van der Waals surface area contributed by atoms with Crippen LogP contribution in [0, 0.1) is 0 Å². The van der Waals surface area contributed by atoms with E-state index in [-0.39, 0.29) is 5.91 Å². The number of sulfonamides is 1. The lowest BCUT2D eigenvalue weighted by Gasteiger charge is -2.32. The van der Waals surface area contributed by atoms with Gasteiger partial charge in [0.05, 0.1) is 12.8 Å². The van der Waals surface area contributed by atoms with E-state index in [0.717, 1.165) is 6.42 Å². The molecule has 0 bridgehead atoms. The van der Waals surface area contributed by atoms with Crippen molar-refractivity contribution in [2.75, 3.05) is 45.5 Å². The van der Waals surface area contributed by atoms with Gasteiger partial charge in [0.1, 0.15) is 0 Å². The average molecular weight is 263 g/mol. The number of piperazine rings is 1. The van der Waals surface area contributed by atoms with E-state index in [0.29, 0.717) is 39.3 Å². The zero-order valence-electron chi connectivity index (χ0n) is 10.5. The molecule has 1 aliphatic heterocycles. The molecule has 0 spiro atoms. The molecule has 0 atom stereocenters. The lowest BCUT2D eigenvalue weighted by atomic mass is 10.3. The quantitative estimate of drug-likeness (QED) is 0.697. The van der Waals surface area contributed by atoms with Crippen molar-refractivity contribution in [1.82, 2.24) is 14.5 Å². The Bertz CT molecular complexity index is 348. The number of carbonyl (C=O) groups excluding carboxylic acids is 1. The molecule has 0 aromatic heterocycles. The molecule has 0 saturated carbocycles. The summed E-state index contributed by atoms with van der Waals surface area (Å²) in [6.07, 6.45) is 2.14. The summed E-state index contributed by atoms with van der Waals surface area (Å²) in [5, 5.41) is 2.81. The Morgan fingerprint density at radius 3 is 2.29 bits per heavy atom. The third kappa shape index (κ3) is 5.01. The van der Waals surface area contributed by atoms with Gasteiger partial charge in [-0.1, -0.05) is 6.92 Å². The van der Waals surface area contributed by atoms with Crippen molar-refractivity contribution in [2.45, 2.75) is 13.3 Å². The van der Waals surface area contributed by atoms with Crippen LogP contribution in [0.15, 0.2) is 0 Å². The van der Waals surface area contributed by atoms with E-state index in [2.05, 4.69) is 5.32 Å². The zero-order chi connectivity index (χ0) is 12.9. The molecule has 7 heteroatoms. The molecular formula is C10H21N3O3S. The van der Waals surface area contributed by atoms with Gasteiger partial charge in [-0.3, -0.25) is 9.69 Å². The van der Waals surface area contributed by atoms with Crippen molar-refractivity contribution in [1.29, 1.82) is 0 Å². The highest BCUT2D eigenvalue weighted by Crippen LogP contribution is 2.05. The SMILES string of the molecule is CCCNC(=O)CN1CCN(S(C)(=O)=O)CC1. The van der Waals surface area contributed by atoms with E-state index in [4.69, 9.17) is 0 Å². The topological polar surface area (TPSA) is 69.7 Å². The Morgan fingerprint density at radius 1 is 1.24 bits per heavy atom. The molecule has 1 aliphatic rings. The van der Waals surface area contributed by atoms with Crippen LogP contribution >= 0.6 is 0 Å². The summed E-state index contributed by atoms with van der Waals surface area (Å²) in [7, 11) is -3.09. The van der Waals surface area contributed by atoms with Gasteiger partial charge < -0.3 is 5.32 Å². The summed E-state index contributed by atoms with van der Waals surface area (Å²) in [4.78, 5) is 13.4. The van der Waals surface area contributed by atoms with Crippen LogP contribution < -0.4 is 5.32 Å². The van der Waals surface area contributed by atoms with E-state index >= 15 is 0 Å². The van der Waals surface area contributed by atoms with Crippen LogP contribution in [0.4, 0.5) is 0 Å².